The highest BCUT2D eigenvalue weighted by molar-refractivity contribution is 5.85. The van der Waals surface area contributed by atoms with Crippen molar-refractivity contribution in [2.24, 2.45) is 0 Å². The van der Waals surface area contributed by atoms with Crippen LogP contribution in [0, 0.1) is 6.92 Å². The Morgan fingerprint density at radius 1 is 1.19 bits per heavy atom. The molecule has 8 nitrogen and oxygen atoms in total. The largest absolute Gasteiger partial charge is 0.368 e. The van der Waals surface area contributed by atoms with Gasteiger partial charge in [-0.15, -0.1) is 0 Å². The average Bonchev–Trinajstić information content (AvgIpc) is 3.42. The number of benzene rings is 1. The molecule has 0 amide bonds. The molecule has 0 bridgehead atoms. The third-order valence-electron chi connectivity index (χ3n) is 5.45. The van der Waals surface area contributed by atoms with E-state index in [1.54, 1.807) is 18.7 Å². The Kier molecular flexibility index (Phi) is 5.33. The average molecular weight is 425 g/mol. The maximum atomic E-state index is 10.9. The van der Waals surface area contributed by atoms with Crippen molar-refractivity contribution in [3.63, 3.8) is 0 Å². The maximum Gasteiger partial charge on any atom is 0.166 e. The van der Waals surface area contributed by atoms with E-state index in [1.165, 1.54) is 10.9 Å². The van der Waals surface area contributed by atoms with E-state index < -0.39 is 0 Å². The quantitative estimate of drug-likeness (QED) is 0.365. The molecule has 0 saturated carbocycles. The molecule has 0 spiro atoms. The summed E-state index contributed by atoms with van der Waals surface area (Å²) in [5.74, 6) is 1.26. The Labute approximate surface area is 184 Å². The number of pyridine rings is 1. The van der Waals surface area contributed by atoms with Crippen LogP contribution in [0.2, 0.25) is 0 Å². The van der Waals surface area contributed by atoms with Gasteiger partial charge in [0.2, 0.25) is 0 Å². The van der Waals surface area contributed by atoms with Gasteiger partial charge in [0, 0.05) is 54.6 Å². The number of aldehydes is 1. The van der Waals surface area contributed by atoms with Crippen LogP contribution in [0.25, 0.3) is 33.5 Å². The first kappa shape index (κ1) is 19.9. The smallest absolute Gasteiger partial charge is 0.166 e. The van der Waals surface area contributed by atoms with Crippen molar-refractivity contribution in [1.82, 2.24) is 29.5 Å². The fourth-order valence-corrected chi connectivity index (χ4v) is 3.88. The highest BCUT2D eigenvalue weighted by Crippen LogP contribution is 2.25. The number of H-pyrrole nitrogens is 1. The summed E-state index contributed by atoms with van der Waals surface area (Å²) < 4.78 is 1.89. The number of carbonyl (C=O) groups is 1. The van der Waals surface area contributed by atoms with Gasteiger partial charge in [0.05, 0.1) is 6.33 Å². The van der Waals surface area contributed by atoms with Crippen molar-refractivity contribution in [3.8, 4) is 11.4 Å². The maximum absolute atomic E-state index is 10.9. The second kappa shape index (κ2) is 8.58. The van der Waals surface area contributed by atoms with Crippen LogP contribution < -0.4 is 5.32 Å². The van der Waals surface area contributed by atoms with Gasteiger partial charge in [0.15, 0.2) is 17.3 Å². The number of aryl methyl sites for hydroxylation is 2. The third-order valence-corrected chi connectivity index (χ3v) is 5.45. The molecule has 160 valence electrons. The number of fused-ring (bicyclic) bond motifs is 2. The number of nitrogens with one attached hydrogen (secondary N) is 2. The zero-order valence-corrected chi connectivity index (χ0v) is 17.7. The van der Waals surface area contributed by atoms with Crippen LogP contribution in [-0.4, -0.2) is 42.3 Å². The summed E-state index contributed by atoms with van der Waals surface area (Å²) in [6.07, 6.45) is 9.47. The number of hydrogen-bond donors (Lipinski definition) is 2. The second-order valence-electron chi connectivity index (χ2n) is 7.75. The number of nitrogens with zero attached hydrogens (tertiary/aromatic N) is 5. The van der Waals surface area contributed by atoms with Crippen molar-refractivity contribution >= 4 is 34.2 Å². The minimum atomic E-state index is 0.403. The standard InChI is InChI=1S/C24H23N7O/c1-16-11-18(13-25-12-16)22-29-23(21-24(30-22)31(15-28-21)9-4-10-32)26-8-7-17-14-27-20-6-3-2-5-19(17)20/h2-3,5-6,10-15,27H,4,7-9H2,1H3,(H,26,29,30). The molecule has 4 aromatic heterocycles. The number of imidazole rings is 1. The normalized spacial score (nSPS) is 11.3. The van der Waals surface area contributed by atoms with E-state index in [-0.39, 0.29) is 0 Å². The van der Waals surface area contributed by atoms with Gasteiger partial charge in [0.1, 0.15) is 11.8 Å². The Hall–Kier alpha value is -4.07. The zero-order valence-electron chi connectivity index (χ0n) is 17.7. The number of rotatable bonds is 8. The Bertz CT molecular complexity index is 1400. The molecular formula is C24H23N7O. The molecule has 0 aliphatic heterocycles. The molecule has 8 heteroatoms. The fourth-order valence-electron chi connectivity index (χ4n) is 3.88. The van der Waals surface area contributed by atoms with Gasteiger partial charge in [-0.25, -0.2) is 15.0 Å². The highest BCUT2D eigenvalue weighted by Gasteiger charge is 2.15. The third kappa shape index (κ3) is 3.82. The first-order chi connectivity index (χ1) is 15.7. The van der Waals surface area contributed by atoms with Gasteiger partial charge >= 0.3 is 0 Å². The lowest BCUT2D eigenvalue weighted by Gasteiger charge is -2.10. The number of para-hydroxylation sites is 1. The minimum absolute atomic E-state index is 0.403. The highest BCUT2D eigenvalue weighted by atomic mass is 16.1. The van der Waals surface area contributed by atoms with E-state index in [0.29, 0.717) is 42.3 Å². The van der Waals surface area contributed by atoms with Gasteiger partial charge in [-0.3, -0.25) is 4.98 Å². The summed E-state index contributed by atoms with van der Waals surface area (Å²) in [5.41, 5.74) is 5.66. The van der Waals surface area contributed by atoms with Crippen LogP contribution >= 0.6 is 0 Å². The molecule has 0 fully saturated rings. The predicted octanol–water partition coefficient (Wildman–Crippen LogP) is 3.92. The Morgan fingerprint density at radius 2 is 2.09 bits per heavy atom. The van der Waals surface area contributed by atoms with Gasteiger partial charge in [-0.2, -0.15) is 0 Å². The zero-order chi connectivity index (χ0) is 21.9. The first-order valence-corrected chi connectivity index (χ1v) is 10.6. The number of aromatic nitrogens is 6. The van der Waals surface area contributed by atoms with Gasteiger partial charge in [-0.05, 0) is 36.6 Å². The number of aromatic amines is 1. The van der Waals surface area contributed by atoms with E-state index >= 15 is 0 Å². The molecule has 2 N–H and O–H groups in total. The van der Waals surface area contributed by atoms with E-state index in [4.69, 9.17) is 9.97 Å². The Morgan fingerprint density at radius 3 is 2.97 bits per heavy atom. The predicted molar refractivity (Wildman–Crippen MR) is 124 cm³/mol. The Balaban J connectivity index is 1.47. The molecule has 32 heavy (non-hydrogen) atoms. The number of hydrogen-bond acceptors (Lipinski definition) is 6. The molecule has 4 heterocycles. The lowest BCUT2D eigenvalue weighted by atomic mass is 10.1. The lowest BCUT2D eigenvalue weighted by molar-refractivity contribution is -0.108. The van der Waals surface area contributed by atoms with Gasteiger partial charge in [-0.1, -0.05) is 18.2 Å². The molecule has 0 atom stereocenters. The molecule has 0 unspecified atom stereocenters. The number of carbonyl (C=O) groups excluding carboxylic acids is 1. The first-order valence-electron chi connectivity index (χ1n) is 10.6. The fraction of sp³-hybridized carbons (Fsp3) is 0.208. The van der Waals surface area contributed by atoms with E-state index in [0.717, 1.165) is 29.4 Å². The molecule has 0 saturated heterocycles. The monoisotopic (exact) mass is 425 g/mol. The molecule has 0 aliphatic carbocycles. The van der Waals surface area contributed by atoms with Gasteiger partial charge < -0.3 is 19.7 Å². The molecule has 0 radical (unpaired) electrons. The van der Waals surface area contributed by atoms with Gasteiger partial charge in [0.25, 0.3) is 0 Å². The summed E-state index contributed by atoms with van der Waals surface area (Å²) in [4.78, 5) is 32.5. The number of anilines is 1. The van der Waals surface area contributed by atoms with Crippen molar-refractivity contribution in [1.29, 1.82) is 0 Å². The summed E-state index contributed by atoms with van der Waals surface area (Å²) in [6, 6.07) is 10.3. The van der Waals surface area contributed by atoms with Crippen molar-refractivity contribution in [2.45, 2.75) is 26.3 Å². The lowest BCUT2D eigenvalue weighted by Crippen LogP contribution is -2.09. The molecule has 5 rings (SSSR count). The summed E-state index contributed by atoms with van der Waals surface area (Å²) in [5, 5.41) is 4.68. The topological polar surface area (TPSA) is 101 Å². The summed E-state index contributed by atoms with van der Waals surface area (Å²) in [7, 11) is 0. The molecule has 1 aromatic carbocycles. The van der Waals surface area contributed by atoms with Crippen LogP contribution in [0.4, 0.5) is 5.82 Å². The molecular weight excluding hydrogens is 402 g/mol. The van der Waals surface area contributed by atoms with Crippen molar-refractivity contribution < 1.29 is 4.79 Å². The molecule has 0 aliphatic rings. The minimum Gasteiger partial charge on any atom is -0.368 e. The van der Waals surface area contributed by atoms with E-state index in [2.05, 4.69) is 44.7 Å². The van der Waals surface area contributed by atoms with Crippen LogP contribution in [0.5, 0.6) is 0 Å². The van der Waals surface area contributed by atoms with Crippen molar-refractivity contribution in [3.05, 3.63) is 66.4 Å². The van der Waals surface area contributed by atoms with Crippen LogP contribution in [0.15, 0.2) is 55.2 Å². The second-order valence-corrected chi connectivity index (χ2v) is 7.75. The summed E-state index contributed by atoms with van der Waals surface area (Å²) >= 11 is 0. The van der Waals surface area contributed by atoms with E-state index in [1.807, 2.05) is 23.6 Å². The summed E-state index contributed by atoms with van der Waals surface area (Å²) in [6.45, 7) is 3.21. The molecule has 5 aromatic rings. The van der Waals surface area contributed by atoms with Crippen molar-refractivity contribution in [2.75, 3.05) is 11.9 Å². The SMILES string of the molecule is Cc1cncc(-c2nc(NCCc3c[nH]c4ccccc34)c3ncn(CCC=O)c3n2)c1. The van der Waals surface area contributed by atoms with Crippen LogP contribution in [0.1, 0.15) is 17.5 Å². The van der Waals surface area contributed by atoms with Crippen LogP contribution in [0.3, 0.4) is 0 Å². The van der Waals surface area contributed by atoms with Crippen LogP contribution in [-0.2, 0) is 17.8 Å². The van der Waals surface area contributed by atoms with E-state index in [9.17, 15) is 4.79 Å².